The van der Waals surface area contributed by atoms with Gasteiger partial charge in [0.2, 0.25) is 0 Å². The number of benzene rings is 5. The molecule has 0 saturated carbocycles. The molecule has 0 atom stereocenters. The third-order valence-electron chi connectivity index (χ3n) is 6.62. The van der Waals surface area contributed by atoms with Gasteiger partial charge in [-0.05, 0) is 68.8 Å². The van der Waals surface area contributed by atoms with E-state index in [2.05, 4.69) is 157 Å². The number of halogens is 1. The van der Waals surface area contributed by atoms with E-state index in [1.54, 1.807) is 0 Å². The molecule has 0 fully saturated rings. The van der Waals surface area contributed by atoms with Gasteiger partial charge in [0, 0.05) is 9.89 Å². The first kappa shape index (κ1) is 22.4. The van der Waals surface area contributed by atoms with Crippen molar-refractivity contribution in [2.45, 2.75) is 19.3 Å². The summed E-state index contributed by atoms with van der Waals surface area (Å²) in [6.45, 7) is 4.62. The first-order chi connectivity index (χ1) is 16.5. The molecule has 1 heteroatoms. The lowest BCUT2D eigenvalue weighted by atomic mass is 9.75. The Morgan fingerprint density at radius 1 is 0.471 bits per heavy atom. The Bertz CT molecular complexity index is 1430. The zero-order chi connectivity index (χ0) is 23.5. The molecule has 0 saturated heterocycles. The first-order valence-corrected chi connectivity index (χ1v) is 12.4. The van der Waals surface area contributed by atoms with Gasteiger partial charge in [0.1, 0.15) is 0 Å². The minimum absolute atomic E-state index is 0.103. The van der Waals surface area contributed by atoms with E-state index in [-0.39, 0.29) is 5.41 Å². The lowest BCUT2D eigenvalue weighted by Gasteiger charge is -2.29. The smallest absolute Gasteiger partial charge is 0.0181 e. The molecule has 0 spiro atoms. The van der Waals surface area contributed by atoms with Crippen molar-refractivity contribution >= 4 is 15.9 Å². The van der Waals surface area contributed by atoms with Gasteiger partial charge in [-0.25, -0.2) is 0 Å². The van der Waals surface area contributed by atoms with Crippen LogP contribution in [0, 0.1) is 0 Å². The minimum Gasteiger partial charge on any atom is -0.0622 e. The van der Waals surface area contributed by atoms with Gasteiger partial charge in [-0.1, -0.05) is 133 Å². The molecule has 0 unspecified atom stereocenters. The van der Waals surface area contributed by atoms with Crippen molar-refractivity contribution < 1.29 is 0 Å². The maximum atomic E-state index is 3.60. The Labute approximate surface area is 211 Å². The van der Waals surface area contributed by atoms with Gasteiger partial charge < -0.3 is 0 Å². The van der Waals surface area contributed by atoms with Crippen LogP contribution in [0.15, 0.2) is 132 Å². The fraction of sp³-hybridized carbons (Fsp3) is 0.0909. The third-order valence-corrected chi connectivity index (χ3v) is 7.12. The lowest BCUT2D eigenvalue weighted by molar-refractivity contribution is 0.642. The molecule has 0 nitrogen and oxygen atoms in total. The summed E-state index contributed by atoms with van der Waals surface area (Å²) in [5.74, 6) is 0. The Morgan fingerprint density at radius 3 is 1.62 bits per heavy atom. The highest BCUT2D eigenvalue weighted by Crippen LogP contribution is 2.39. The van der Waals surface area contributed by atoms with Crippen molar-refractivity contribution in [2.24, 2.45) is 0 Å². The third kappa shape index (κ3) is 4.49. The number of hydrogen-bond donors (Lipinski definition) is 0. The molecule has 0 aliphatic rings. The van der Waals surface area contributed by atoms with Crippen LogP contribution in [0.4, 0.5) is 0 Å². The molecule has 5 aromatic carbocycles. The van der Waals surface area contributed by atoms with Crippen LogP contribution in [0.5, 0.6) is 0 Å². The zero-order valence-electron chi connectivity index (χ0n) is 19.5. The molecule has 0 aromatic heterocycles. The van der Waals surface area contributed by atoms with Gasteiger partial charge in [-0.2, -0.15) is 0 Å². The Hall–Kier alpha value is -3.42. The van der Waals surface area contributed by atoms with Crippen molar-refractivity contribution in [1.29, 1.82) is 0 Å². The predicted molar refractivity (Wildman–Crippen MR) is 149 cm³/mol. The SMILES string of the molecule is CC(C)(c1ccccc1)c1ccccc1-c1cccc(-c2cccc(-c3cccc(Br)c3)c2)c1. The lowest BCUT2D eigenvalue weighted by Crippen LogP contribution is -2.19. The monoisotopic (exact) mass is 502 g/mol. The van der Waals surface area contributed by atoms with Crippen LogP contribution in [0.2, 0.25) is 0 Å². The van der Waals surface area contributed by atoms with Gasteiger partial charge in [0.25, 0.3) is 0 Å². The van der Waals surface area contributed by atoms with Crippen molar-refractivity contribution in [3.63, 3.8) is 0 Å². The Kier molecular flexibility index (Phi) is 6.22. The van der Waals surface area contributed by atoms with Gasteiger partial charge in [-0.3, -0.25) is 0 Å². The summed E-state index contributed by atoms with van der Waals surface area (Å²) >= 11 is 3.60. The molecule has 34 heavy (non-hydrogen) atoms. The quantitative estimate of drug-likeness (QED) is 0.224. The molecular weight excluding hydrogens is 476 g/mol. The van der Waals surface area contributed by atoms with Crippen LogP contribution in [0.1, 0.15) is 25.0 Å². The molecule has 0 N–H and O–H groups in total. The van der Waals surface area contributed by atoms with Crippen LogP contribution < -0.4 is 0 Å². The fourth-order valence-electron chi connectivity index (χ4n) is 4.70. The van der Waals surface area contributed by atoms with E-state index in [9.17, 15) is 0 Å². The van der Waals surface area contributed by atoms with E-state index in [0.29, 0.717) is 0 Å². The van der Waals surface area contributed by atoms with Gasteiger partial charge >= 0.3 is 0 Å². The molecule has 5 aromatic rings. The Balaban J connectivity index is 1.57. The summed E-state index contributed by atoms with van der Waals surface area (Å²) in [7, 11) is 0. The normalized spacial score (nSPS) is 11.4. The molecule has 0 radical (unpaired) electrons. The summed E-state index contributed by atoms with van der Waals surface area (Å²) < 4.78 is 1.09. The number of hydrogen-bond acceptors (Lipinski definition) is 0. The highest BCUT2D eigenvalue weighted by molar-refractivity contribution is 9.10. The van der Waals surface area contributed by atoms with Crippen molar-refractivity contribution in [3.8, 4) is 33.4 Å². The van der Waals surface area contributed by atoms with E-state index < -0.39 is 0 Å². The van der Waals surface area contributed by atoms with Crippen LogP contribution in [-0.4, -0.2) is 0 Å². The summed E-state index contributed by atoms with van der Waals surface area (Å²) in [5.41, 5.74) is 9.94. The second kappa shape index (κ2) is 9.44. The van der Waals surface area contributed by atoms with E-state index in [1.165, 1.54) is 44.5 Å². The number of rotatable bonds is 5. The van der Waals surface area contributed by atoms with Gasteiger partial charge in [0.05, 0.1) is 0 Å². The average molecular weight is 503 g/mol. The van der Waals surface area contributed by atoms with E-state index in [0.717, 1.165) is 4.47 Å². The predicted octanol–water partition coefficient (Wildman–Crippen LogP) is 9.78. The van der Waals surface area contributed by atoms with Crippen LogP contribution >= 0.6 is 15.9 Å². The van der Waals surface area contributed by atoms with Crippen molar-refractivity contribution in [1.82, 2.24) is 0 Å². The molecule has 5 rings (SSSR count). The van der Waals surface area contributed by atoms with E-state index in [4.69, 9.17) is 0 Å². The van der Waals surface area contributed by atoms with E-state index >= 15 is 0 Å². The molecular formula is C33H27Br. The first-order valence-electron chi connectivity index (χ1n) is 11.6. The molecule has 0 amide bonds. The van der Waals surface area contributed by atoms with Crippen molar-refractivity contribution in [2.75, 3.05) is 0 Å². The zero-order valence-corrected chi connectivity index (χ0v) is 21.1. The minimum atomic E-state index is -0.103. The maximum Gasteiger partial charge on any atom is 0.0181 e. The molecule has 0 bridgehead atoms. The fourth-order valence-corrected chi connectivity index (χ4v) is 5.10. The maximum absolute atomic E-state index is 3.60. The summed E-state index contributed by atoms with van der Waals surface area (Å²) in [5, 5.41) is 0. The highest BCUT2D eigenvalue weighted by Gasteiger charge is 2.25. The summed E-state index contributed by atoms with van der Waals surface area (Å²) in [4.78, 5) is 0. The van der Waals surface area contributed by atoms with E-state index in [1.807, 2.05) is 0 Å². The molecule has 0 heterocycles. The molecule has 0 aliphatic heterocycles. The largest absolute Gasteiger partial charge is 0.0622 e. The van der Waals surface area contributed by atoms with Crippen LogP contribution in [0.25, 0.3) is 33.4 Å². The van der Waals surface area contributed by atoms with Gasteiger partial charge in [-0.15, -0.1) is 0 Å². The Morgan fingerprint density at radius 2 is 0.971 bits per heavy atom. The summed E-state index contributed by atoms with van der Waals surface area (Å²) in [6, 6.07) is 45.7. The van der Waals surface area contributed by atoms with Crippen LogP contribution in [0.3, 0.4) is 0 Å². The topological polar surface area (TPSA) is 0 Å². The molecule has 0 aliphatic carbocycles. The average Bonchev–Trinajstić information content (AvgIpc) is 2.89. The van der Waals surface area contributed by atoms with Crippen LogP contribution in [-0.2, 0) is 5.41 Å². The van der Waals surface area contributed by atoms with Crippen molar-refractivity contribution in [3.05, 3.63) is 143 Å². The second-order valence-electron chi connectivity index (χ2n) is 9.21. The second-order valence-corrected chi connectivity index (χ2v) is 10.1. The molecule has 166 valence electrons. The summed E-state index contributed by atoms with van der Waals surface area (Å²) in [6.07, 6.45) is 0. The highest BCUT2D eigenvalue weighted by atomic mass is 79.9. The van der Waals surface area contributed by atoms with Gasteiger partial charge in [0.15, 0.2) is 0 Å². The standard InChI is InChI=1S/C33H27Br/c1-33(2,29-16-4-3-5-17-29)32-20-7-6-19-31(32)28-15-9-13-26(22-28)24-11-8-12-25(21-24)27-14-10-18-30(34)23-27/h3-23H,1-2H3.